The topological polar surface area (TPSA) is 64.6 Å². The number of ether oxygens (including phenoxy) is 2. The lowest BCUT2D eigenvalue weighted by Crippen LogP contribution is -2.14. The minimum absolute atomic E-state index is 0.253. The van der Waals surface area contributed by atoms with Crippen molar-refractivity contribution in [2.75, 3.05) is 19.0 Å². The van der Waals surface area contributed by atoms with Gasteiger partial charge in [0.1, 0.15) is 5.75 Å². The van der Waals surface area contributed by atoms with Crippen molar-refractivity contribution < 1.29 is 19.1 Å². The van der Waals surface area contributed by atoms with Crippen LogP contribution in [-0.2, 0) is 4.74 Å². The number of amides is 1. The predicted molar refractivity (Wildman–Crippen MR) is 88.1 cm³/mol. The van der Waals surface area contributed by atoms with Gasteiger partial charge in [0.05, 0.1) is 19.3 Å². The van der Waals surface area contributed by atoms with Crippen molar-refractivity contribution in [3.63, 3.8) is 0 Å². The standard InChI is InChI=1S/C18H19NO4/c1-4-23-18(21)14-6-5-12(2)16(11-14)19-17(20)13-7-9-15(22-3)10-8-13/h5-11H,4H2,1-3H3,(H,19,20). The first kappa shape index (κ1) is 16.5. The Bertz CT molecular complexity index is 707. The second kappa shape index (κ2) is 7.45. The highest BCUT2D eigenvalue weighted by Gasteiger charge is 2.12. The van der Waals surface area contributed by atoms with E-state index in [1.165, 1.54) is 0 Å². The minimum atomic E-state index is -0.410. The Balaban J connectivity index is 2.19. The van der Waals surface area contributed by atoms with Crippen LogP contribution in [0.2, 0.25) is 0 Å². The van der Waals surface area contributed by atoms with Crippen LogP contribution in [0, 0.1) is 6.92 Å². The van der Waals surface area contributed by atoms with E-state index in [2.05, 4.69) is 5.32 Å². The van der Waals surface area contributed by atoms with Crippen molar-refractivity contribution in [1.82, 2.24) is 0 Å². The summed E-state index contributed by atoms with van der Waals surface area (Å²) in [5.74, 6) is 0.0197. The summed E-state index contributed by atoms with van der Waals surface area (Å²) in [6, 6.07) is 11.9. The molecule has 0 spiro atoms. The Morgan fingerprint density at radius 1 is 1.04 bits per heavy atom. The summed E-state index contributed by atoms with van der Waals surface area (Å²) < 4.78 is 10.0. The molecule has 0 saturated carbocycles. The van der Waals surface area contributed by atoms with Crippen molar-refractivity contribution in [1.29, 1.82) is 0 Å². The Kier molecular flexibility index (Phi) is 5.36. The van der Waals surface area contributed by atoms with Gasteiger partial charge in [-0.3, -0.25) is 4.79 Å². The summed E-state index contributed by atoms with van der Waals surface area (Å²) in [4.78, 5) is 24.1. The molecule has 0 atom stereocenters. The van der Waals surface area contributed by atoms with E-state index in [1.807, 2.05) is 6.92 Å². The molecule has 0 aromatic heterocycles. The number of esters is 1. The summed E-state index contributed by atoms with van der Waals surface area (Å²) in [5, 5.41) is 2.81. The second-order valence-corrected chi connectivity index (χ2v) is 4.93. The monoisotopic (exact) mass is 313 g/mol. The largest absolute Gasteiger partial charge is 0.497 e. The number of anilines is 1. The van der Waals surface area contributed by atoms with E-state index in [-0.39, 0.29) is 5.91 Å². The van der Waals surface area contributed by atoms with Crippen molar-refractivity contribution in [2.45, 2.75) is 13.8 Å². The summed E-state index contributed by atoms with van der Waals surface area (Å²) in [7, 11) is 1.57. The van der Waals surface area contributed by atoms with Crippen molar-refractivity contribution in [3.8, 4) is 5.75 Å². The van der Waals surface area contributed by atoms with Crippen LogP contribution in [0.3, 0.4) is 0 Å². The average Bonchev–Trinajstić information content (AvgIpc) is 2.57. The van der Waals surface area contributed by atoms with Gasteiger partial charge < -0.3 is 14.8 Å². The molecule has 0 radical (unpaired) electrons. The van der Waals surface area contributed by atoms with Gasteiger partial charge in [-0.15, -0.1) is 0 Å². The molecule has 0 saturated heterocycles. The summed E-state index contributed by atoms with van der Waals surface area (Å²) >= 11 is 0. The van der Waals surface area contributed by atoms with Gasteiger partial charge in [0.15, 0.2) is 0 Å². The lowest BCUT2D eigenvalue weighted by atomic mass is 10.1. The molecule has 120 valence electrons. The second-order valence-electron chi connectivity index (χ2n) is 4.93. The number of carbonyl (C=O) groups excluding carboxylic acids is 2. The maximum absolute atomic E-state index is 12.3. The molecule has 2 rings (SSSR count). The van der Waals surface area contributed by atoms with Crippen molar-refractivity contribution in [2.24, 2.45) is 0 Å². The van der Waals surface area contributed by atoms with Crippen molar-refractivity contribution in [3.05, 3.63) is 59.2 Å². The van der Waals surface area contributed by atoms with Gasteiger partial charge in [0, 0.05) is 11.3 Å². The van der Waals surface area contributed by atoms with Crippen LogP contribution in [0.4, 0.5) is 5.69 Å². The molecule has 5 heteroatoms. The lowest BCUT2D eigenvalue weighted by molar-refractivity contribution is 0.0526. The fourth-order valence-electron chi connectivity index (χ4n) is 2.03. The van der Waals surface area contributed by atoms with Crippen LogP contribution in [0.25, 0.3) is 0 Å². The van der Waals surface area contributed by atoms with E-state index in [0.29, 0.717) is 29.2 Å². The number of hydrogen-bond donors (Lipinski definition) is 1. The van der Waals surface area contributed by atoms with E-state index < -0.39 is 5.97 Å². The number of aryl methyl sites for hydroxylation is 1. The highest BCUT2D eigenvalue weighted by atomic mass is 16.5. The van der Waals surface area contributed by atoms with Crippen LogP contribution in [0.1, 0.15) is 33.2 Å². The third-order valence-electron chi connectivity index (χ3n) is 3.35. The molecule has 2 aromatic rings. The molecule has 0 aliphatic rings. The Hall–Kier alpha value is -2.82. The first-order valence-electron chi connectivity index (χ1n) is 7.28. The van der Waals surface area contributed by atoms with Crippen LogP contribution >= 0.6 is 0 Å². The number of methoxy groups -OCH3 is 1. The van der Waals surface area contributed by atoms with Gasteiger partial charge in [0.25, 0.3) is 5.91 Å². The zero-order valence-electron chi connectivity index (χ0n) is 13.4. The highest BCUT2D eigenvalue weighted by Crippen LogP contribution is 2.19. The third kappa shape index (κ3) is 4.10. The molecule has 1 amide bonds. The number of nitrogens with one attached hydrogen (secondary N) is 1. The minimum Gasteiger partial charge on any atom is -0.497 e. The first-order valence-corrected chi connectivity index (χ1v) is 7.28. The SMILES string of the molecule is CCOC(=O)c1ccc(C)c(NC(=O)c2ccc(OC)cc2)c1. The molecular weight excluding hydrogens is 294 g/mol. The Morgan fingerprint density at radius 2 is 1.70 bits per heavy atom. The summed E-state index contributed by atoms with van der Waals surface area (Å²) in [6.45, 7) is 3.91. The van der Waals surface area contributed by atoms with Gasteiger partial charge in [-0.2, -0.15) is 0 Å². The molecule has 0 fully saturated rings. The smallest absolute Gasteiger partial charge is 0.338 e. The molecule has 0 heterocycles. The molecule has 2 aromatic carbocycles. The van der Waals surface area contributed by atoms with Crippen LogP contribution in [0.5, 0.6) is 5.75 Å². The number of rotatable bonds is 5. The quantitative estimate of drug-likeness (QED) is 0.859. The fourth-order valence-corrected chi connectivity index (χ4v) is 2.03. The molecule has 5 nitrogen and oxygen atoms in total. The number of carbonyl (C=O) groups is 2. The third-order valence-corrected chi connectivity index (χ3v) is 3.35. The maximum Gasteiger partial charge on any atom is 0.338 e. The van der Waals surface area contributed by atoms with Crippen molar-refractivity contribution >= 4 is 17.6 Å². The Labute approximate surface area is 135 Å². The molecular formula is C18H19NO4. The van der Waals surface area contributed by atoms with Crippen LogP contribution in [0.15, 0.2) is 42.5 Å². The lowest BCUT2D eigenvalue weighted by Gasteiger charge is -2.11. The molecule has 0 bridgehead atoms. The fraction of sp³-hybridized carbons (Fsp3) is 0.222. The van der Waals surface area contributed by atoms with Gasteiger partial charge in [-0.1, -0.05) is 6.07 Å². The Morgan fingerprint density at radius 3 is 2.30 bits per heavy atom. The molecule has 0 aliphatic carbocycles. The van der Waals surface area contributed by atoms with E-state index >= 15 is 0 Å². The maximum atomic E-state index is 12.3. The summed E-state index contributed by atoms with van der Waals surface area (Å²) in [6.07, 6.45) is 0. The van der Waals surface area contributed by atoms with E-state index in [1.54, 1.807) is 56.5 Å². The zero-order chi connectivity index (χ0) is 16.8. The molecule has 0 aliphatic heterocycles. The summed E-state index contributed by atoms with van der Waals surface area (Å²) in [5.41, 5.74) is 2.35. The number of hydrogen-bond acceptors (Lipinski definition) is 4. The van der Waals surface area contributed by atoms with E-state index in [0.717, 1.165) is 5.56 Å². The number of benzene rings is 2. The predicted octanol–water partition coefficient (Wildman–Crippen LogP) is 3.43. The van der Waals surface area contributed by atoms with Gasteiger partial charge in [-0.25, -0.2) is 4.79 Å². The zero-order valence-corrected chi connectivity index (χ0v) is 13.4. The average molecular weight is 313 g/mol. The van der Waals surface area contributed by atoms with Gasteiger partial charge >= 0.3 is 5.97 Å². The first-order chi connectivity index (χ1) is 11.0. The molecule has 1 N–H and O–H groups in total. The van der Waals surface area contributed by atoms with Gasteiger partial charge in [0.2, 0.25) is 0 Å². The van der Waals surface area contributed by atoms with E-state index in [9.17, 15) is 9.59 Å². The van der Waals surface area contributed by atoms with Crippen LogP contribution in [-0.4, -0.2) is 25.6 Å². The molecule has 23 heavy (non-hydrogen) atoms. The molecule has 0 unspecified atom stereocenters. The highest BCUT2D eigenvalue weighted by molar-refractivity contribution is 6.05. The van der Waals surface area contributed by atoms with Crippen LogP contribution < -0.4 is 10.1 Å². The normalized spacial score (nSPS) is 10.0. The van der Waals surface area contributed by atoms with E-state index in [4.69, 9.17) is 9.47 Å². The van der Waals surface area contributed by atoms with Gasteiger partial charge in [-0.05, 0) is 55.8 Å².